The SMILES string of the molecule is CN(C1CC1)S(=O)(=O)c1ccc(C(=O)Nc2nc3c(F)cccc3s2)cc1. The van der Waals surface area contributed by atoms with Crippen LogP contribution in [0.15, 0.2) is 47.4 Å². The fourth-order valence-corrected chi connectivity index (χ4v) is 5.01. The van der Waals surface area contributed by atoms with Crippen molar-refractivity contribution in [3.05, 3.63) is 53.8 Å². The first-order chi connectivity index (χ1) is 12.9. The highest BCUT2D eigenvalue weighted by Gasteiger charge is 2.35. The minimum absolute atomic E-state index is 0.0670. The van der Waals surface area contributed by atoms with Gasteiger partial charge in [-0.1, -0.05) is 17.4 Å². The maximum atomic E-state index is 13.7. The highest BCUT2D eigenvalue weighted by molar-refractivity contribution is 7.89. The van der Waals surface area contributed by atoms with Crippen molar-refractivity contribution in [1.29, 1.82) is 0 Å². The van der Waals surface area contributed by atoms with Gasteiger partial charge in [0.2, 0.25) is 10.0 Å². The monoisotopic (exact) mass is 405 g/mol. The Kier molecular flexibility index (Phi) is 4.45. The minimum atomic E-state index is -3.55. The molecule has 1 saturated carbocycles. The predicted molar refractivity (Wildman–Crippen MR) is 102 cm³/mol. The number of benzene rings is 2. The molecule has 1 fully saturated rings. The van der Waals surface area contributed by atoms with Crippen LogP contribution < -0.4 is 5.32 Å². The number of amides is 1. The third kappa shape index (κ3) is 3.45. The van der Waals surface area contributed by atoms with Gasteiger partial charge in [0, 0.05) is 18.7 Å². The van der Waals surface area contributed by atoms with Crippen molar-refractivity contribution in [3.63, 3.8) is 0 Å². The number of thiazole rings is 1. The van der Waals surface area contributed by atoms with E-state index in [0.29, 0.717) is 10.3 Å². The highest BCUT2D eigenvalue weighted by Crippen LogP contribution is 2.31. The molecule has 1 heterocycles. The molecule has 1 amide bonds. The summed E-state index contributed by atoms with van der Waals surface area (Å²) in [6.45, 7) is 0. The number of carbonyl (C=O) groups excluding carboxylic acids is 1. The smallest absolute Gasteiger partial charge is 0.257 e. The van der Waals surface area contributed by atoms with Gasteiger partial charge in [-0.25, -0.2) is 17.8 Å². The van der Waals surface area contributed by atoms with Crippen LogP contribution in [0.4, 0.5) is 9.52 Å². The fraction of sp³-hybridized carbons (Fsp3) is 0.222. The molecule has 1 N–H and O–H groups in total. The molecule has 0 aliphatic heterocycles. The molecule has 1 aliphatic carbocycles. The molecule has 0 atom stereocenters. The lowest BCUT2D eigenvalue weighted by Crippen LogP contribution is -2.29. The Labute approximate surface area is 159 Å². The van der Waals surface area contributed by atoms with Gasteiger partial charge in [-0.15, -0.1) is 0 Å². The Bertz CT molecular complexity index is 1120. The van der Waals surface area contributed by atoms with E-state index in [0.717, 1.165) is 12.8 Å². The number of sulfonamides is 1. The summed E-state index contributed by atoms with van der Waals surface area (Å²) in [5.74, 6) is -0.882. The van der Waals surface area contributed by atoms with Crippen molar-refractivity contribution in [2.45, 2.75) is 23.8 Å². The van der Waals surface area contributed by atoms with Gasteiger partial charge >= 0.3 is 0 Å². The summed E-state index contributed by atoms with van der Waals surface area (Å²) in [6, 6.07) is 10.4. The highest BCUT2D eigenvalue weighted by atomic mass is 32.2. The van der Waals surface area contributed by atoms with Crippen molar-refractivity contribution in [2.75, 3.05) is 12.4 Å². The summed E-state index contributed by atoms with van der Waals surface area (Å²) in [4.78, 5) is 16.6. The molecular formula is C18H16FN3O3S2. The maximum Gasteiger partial charge on any atom is 0.257 e. The predicted octanol–water partition coefficient (Wildman–Crippen LogP) is 3.47. The van der Waals surface area contributed by atoms with Gasteiger partial charge in [0.05, 0.1) is 9.60 Å². The van der Waals surface area contributed by atoms with Gasteiger partial charge in [0.15, 0.2) is 5.13 Å². The van der Waals surface area contributed by atoms with Gasteiger partial charge in [-0.05, 0) is 49.2 Å². The van der Waals surface area contributed by atoms with Crippen LogP contribution >= 0.6 is 11.3 Å². The fourth-order valence-electron chi connectivity index (χ4n) is 2.72. The van der Waals surface area contributed by atoms with Crippen LogP contribution in [0, 0.1) is 5.82 Å². The molecule has 6 nitrogen and oxygen atoms in total. The summed E-state index contributed by atoms with van der Waals surface area (Å²) in [5.41, 5.74) is 0.505. The Balaban J connectivity index is 1.52. The van der Waals surface area contributed by atoms with E-state index in [1.807, 2.05) is 0 Å². The first kappa shape index (κ1) is 18.0. The van der Waals surface area contributed by atoms with E-state index >= 15 is 0 Å². The van der Waals surface area contributed by atoms with E-state index in [-0.39, 0.29) is 21.6 Å². The molecule has 4 rings (SSSR count). The number of aromatic nitrogens is 1. The van der Waals surface area contributed by atoms with E-state index in [9.17, 15) is 17.6 Å². The van der Waals surface area contributed by atoms with E-state index in [1.165, 1.54) is 46.0 Å². The van der Waals surface area contributed by atoms with Crippen LogP contribution in [0.2, 0.25) is 0 Å². The van der Waals surface area contributed by atoms with Crippen molar-refractivity contribution >= 4 is 42.6 Å². The summed E-state index contributed by atoms with van der Waals surface area (Å²) in [7, 11) is -1.98. The van der Waals surface area contributed by atoms with Crippen molar-refractivity contribution in [1.82, 2.24) is 9.29 Å². The molecule has 140 valence electrons. The lowest BCUT2D eigenvalue weighted by molar-refractivity contribution is 0.102. The summed E-state index contributed by atoms with van der Waals surface area (Å²) < 4.78 is 40.7. The Morgan fingerprint density at radius 1 is 1.22 bits per heavy atom. The minimum Gasteiger partial charge on any atom is -0.298 e. The number of hydrogen-bond donors (Lipinski definition) is 1. The van der Waals surface area contributed by atoms with Gasteiger partial charge in [0.25, 0.3) is 5.91 Å². The Morgan fingerprint density at radius 2 is 1.93 bits per heavy atom. The number of rotatable bonds is 5. The number of para-hydroxylation sites is 1. The number of nitrogens with one attached hydrogen (secondary N) is 1. The quantitative estimate of drug-likeness (QED) is 0.705. The zero-order chi connectivity index (χ0) is 19.2. The molecule has 0 spiro atoms. The van der Waals surface area contributed by atoms with E-state index in [4.69, 9.17) is 0 Å². The van der Waals surface area contributed by atoms with Gasteiger partial charge < -0.3 is 0 Å². The zero-order valence-electron chi connectivity index (χ0n) is 14.3. The van der Waals surface area contributed by atoms with E-state index in [2.05, 4.69) is 10.3 Å². The Hall–Kier alpha value is -2.36. The first-order valence-electron chi connectivity index (χ1n) is 8.31. The number of anilines is 1. The topological polar surface area (TPSA) is 79.4 Å². The number of nitrogens with zero attached hydrogens (tertiary/aromatic N) is 2. The van der Waals surface area contributed by atoms with Crippen molar-refractivity contribution < 1.29 is 17.6 Å². The lowest BCUT2D eigenvalue weighted by atomic mass is 10.2. The van der Waals surface area contributed by atoms with E-state index < -0.39 is 21.7 Å². The molecule has 0 saturated heterocycles. The number of fused-ring (bicyclic) bond motifs is 1. The summed E-state index contributed by atoms with van der Waals surface area (Å²) >= 11 is 1.17. The average molecular weight is 405 g/mol. The first-order valence-corrected chi connectivity index (χ1v) is 10.6. The normalized spacial score (nSPS) is 14.6. The molecule has 0 bridgehead atoms. The number of carbonyl (C=O) groups is 1. The molecular weight excluding hydrogens is 389 g/mol. The molecule has 9 heteroatoms. The third-order valence-electron chi connectivity index (χ3n) is 4.44. The number of halogens is 1. The molecule has 1 aromatic heterocycles. The van der Waals surface area contributed by atoms with Crippen molar-refractivity contribution in [3.8, 4) is 0 Å². The molecule has 2 aromatic carbocycles. The molecule has 3 aromatic rings. The molecule has 0 radical (unpaired) electrons. The van der Waals surface area contributed by atoms with Gasteiger partial charge in [-0.3, -0.25) is 10.1 Å². The van der Waals surface area contributed by atoms with Crippen LogP contribution in [0.25, 0.3) is 10.2 Å². The second-order valence-electron chi connectivity index (χ2n) is 6.34. The standard InChI is InChI=1S/C18H16FN3O3S2/c1-22(12-7-8-12)27(24,25)13-9-5-11(6-10-13)17(23)21-18-20-16-14(19)3-2-4-15(16)26-18/h2-6,9-10,12H,7-8H2,1H3,(H,20,21,23). The second kappa shape index (κ2) is 6.66. The Morgan fingerprint density at radius 3 is 2.56 bits per heavy atom. The van der Waals surface area contributed by atoms with Crippen molar-refractivity contribution in [2.24, 2.45) is 0 Å². The zero-order valence-corrected chi connectivity index (χ0v) is 16.0. The molecule has 27 heavy (non-hydrogen) atoms. The van der Waals surface area contributed by atoms with Crippen LogP contribution in [0.5, 0.6) is 0 Å². The largest absolute Gasteiger partial charge is 0.298 e. The van der Waals surface area contributed by atoms with Crippen LogP contribution in [0.3, 0.4) is 0 Å². The second-order valence-corrected chi connectivity index (χ2v) is 9.36. The van der Waals surface area contributed by atoms with Crippen LogP contribution in [-0.2, 0) is 10.0 Å². The average Bonchev–Trinajstić information content (AvgIpc) is 3.41. The van der Waals surface area contributed by atoms with Crippen LogP contribution in [-0.4, -0.2) is 36.7 Å². The maximum absolute atomic E-state index is 13.7. The van der Waals surface area contributed by atoms with E-state index in [1.54, 1.807) is 19.2 Å². The lowest BCUT2D eigenvalue weighted by Gasteiger charge is -2.16. The molecule has 1 aliphatic rings. The van der Waals surface area contributed by atoms with Gasteiger partial charge in [0.1, 0.15) is 11.3 Å². The summed E-state index contributed by atoms with van der Waals surface area (Å²) in [6.07, 6.45) is 1.75. The van der Waals surface area contributed by atoms with Crippen LogP contribution in [0.1, 0.15) is 23.2 Å². The summed E-state index contributed by atoms with van der Waals surface area (Å²) in [5, 5.41) is 2.91. The number of hydrogen-bond acceptors (Lipinski definition) is 5. The third-order valence-corrected chi connectivity index (χ3v) is 7.31. The van der Waals surface area contributed by atoms with Gasteiger partial charge in [-0.2, -0.15) is 4.31 Å². The molecule has 0 unspecified atom stereocenters.